The van der Waals surface area contributed by atoms with Crippen molar-refractivity contribution in [1.29, 1.82) is 0 Å². The summed E-state index contributed by atoms with van der Waals surface area (Å²) < 4.78 is 5.66. The molecule has 1 aliphatic carbocycles. The summed E-state index contributed by atoms with van der Waals surface area (Å²) >= 11 is 0. The van der Waals surface area contributed by atoms with Crippen LogP contribution >= 0.6 is 0 Å². The zero-order valence-electron chi connectivity index (χ0n) is 20.3. The largest absolute Gasteiger partial charge is 0.496 e. The summed E-state index contributed by atoms with van der Waals surface area (Å²) in [6.45, 7) is 8.87. The Morgan fingerprint density at radius 1 is 1.28 bits per heavy atom. The van der Waals surface area contributed by atoms with E-state index in [9.17, 15) is 9.90 Å². The summed E-state index contributed by atoms with van der Waals surface area (Å²) in [5, 5.41) is 16.8. The second-order valence-corrected chi connectivity index (χ2v) is 9.38. The number of nitrogens with one attached hydrogen (secondary N) is 2. The average Bonchev–Trinajstić information content (AvgIpc) is 2.91. The number of benzene rings is 1. The molecular formula is C26H39N3O3. The van der Waals surface area contributed by atoms with Crippen molar-refractivity contribution >= 4 is 5.91 Å². The second-order valence-electron chi connectivity index (χ2n) is 9.38. The summed E-state index contributed by atoms with van der Waals surface area (Å²) in [6, 6.07) is 5.63. The monoisotopic (exact) mass is 441 g/mol. The third kappa shape index (κ3) is 5.25. The van der Waals surface area contributed by atoms with E-state index < -0.39 is 12.3 Å². The number of hydrogen-bond acceptors (Lipinski definition) is 5. The molecule has 0 saturated heterocycles. The molecule has 0 aromatic heterocycles. The van der Waals surface area contributed by atoms with Crippen molar-refractivity contribution in [2.75, 3.05) is 14.2 Å². The van der Waals surface area contributed by atoms with Crippen LogP contribution in [-0.4, -0.2) is 48.4 Å². The number of allylic oxidation sites excluding steroid dienone is 4. The molecule has 6 heteroatoms. The van der Waals surface area contributed by atoms with E-state index in [2.05, 4.69) is 55.7 Å². The normalized spacial score (nSPS) is 23.2. The molecule has 6 nitrogen and oxygen atoms in total. The summed E-state index contributed by atoms with van der Waals surface area (Å²) in [5.74, 6) is 1.45. The number of carbonyl (C=O) groups is 1. The number of methoxy groups -OCH3 is 1. The smallest absolute Gasteiger partial charge is 0.244 e. The highest BCUT2D eigenvalue weighted by molar-refractivity contribution is 5.84. The van der Waals surface area contributed by atoms with Gasteiger partial charge in [0.05, 0.1) is 19.7 Å². The van der Waals surface area contributed by atoms with Gasteiger partial charge in [-0.1, -0.05) is 45.1 Å². The van der Waals surface area contributed by atoms with Gasteiger partial charge in [0.2, 0.25) is 5.91 Å². The summed E-state index contributed by atoms with van der Waals surface area (Å²) in [4.78, 5) is 15.8. The van der Waals surface area contributed by atoms with Crippen LogP contribution in [0.3, 0.4) is 0 Å². The number of nitrogens with zero attached hydrogens (tertiary/aromatic N) is 1. The maximum absolute atomic E-state index is 13.8. The van der Waals surface area contributed by atoms with Crippen LogP contribution in [0, 0.1) is 5.92 Å². The minimum Gasteiger partial charge on any atom is -0.496 e. The van der Waals surface area contributed by atoms with Crippen molar-refractivity contribution in [3.8, 4) is 5.75 Å². The predicted molar refractivity (Wildman–Crippen MR) is 128 cm³/mol. The Morgan fingerprint density at radius 3 is 2.69 bits per heavy atom. The van der Waals surface area contributed by atoms with Gasteiger partial charge in [-0.3, -0.25) is 10.1 Å². The van der Waals surface area contributed by atoms with Crippen molar-refractivity contribution in [3.63, 3.8) is 0 Å². The molecule has 1 amide bonds. The maximum atomic E-state index is 13.8. The Morgan fingerprint density at radius 2 is 2.03 bits per heavy atom. The molecule has 0 radical (unpaired) electrons. The van der Waals surface area contributed by atoms with E-state index in [4.69, 9.17) is 4.74 Å². The highest BCUT2D eigenvalue weighted by Crippen LogP contribution is 2.36. The van der Waals surface area contributed by atoms with Crippen molar-refractivity contribution in [1.82, 2.24) is 15.5 Å². The highest BCUT2D eigenvalue weighted by atomic mass is 16.5. The van der Waals surface area contributed by atoms with E-state index in [1.54, 1.807) is 14.2 Å². The molecular weight excluding hydrogens is 402 g/mol. The second kappa shape index (κ2) is 10.6. The van der Waals surface area contributed by atoms with E-state index in [1.165, 1.54) is 11.1 Å². The highest BCUT2D eigenvalue weighted by Gasteiger charge is 2.36. The molecule has 4 atom stereocenters. The van der Waals surface area contributed by atoms with Crippen LogP contribution < -0.4 is 15.4 Å². The number of ether oxygens (including phenoxy) is 1. The zero-order valence-corrected chi connectivity index (χ0v) is 20.3. The fourth-order valence-corrected chi connectivity index (χ4v) is 4.59. The number of carbonyl (C=O) groups excluding carboxylic acids is 1. The summed E-state index contributed by atoms with van der Waals surface area (Å²) in [6.07, 6.45) is 5.95. The first kappa shape index (κ1) is 24.5. The lowest BCUT2D eigenvalue weighted by Crippen LogP contribution is -2.54. The van der Waals surface area contributed by atoms with Crippen molar-refractivity contribution in [2.45, 2.75) is 77.7 Å². The molecule has 1 aliphatic heterocycles. The Bertz CT molecular complexity index is 877. The van der Waals surface area contributed by atoms with Crippen LogP contribution in [0.5, 0.6) is 5.75 Å². The standard InChI is InChI=1S/C26H39N3O3/c1-16(2)20-11-13-23(32-6)21(14-20)15-29-24-17(3)8-7-9-19(24)10-12-22(26(29)31)28-25(30)18(4)27-5/h7,9,11,13-14,16-18,22,25,27-28,30H,8,10,12,15H2,1-6H3/t17?,18-,22-,25?/m0/s1. The molecule has 0 fully saturated rings. The van der Waals surface area contributed by atoms with Gasteiger partial charge in [-0.05, 0) is 56.4 Å². The summed E-state index contributed by atoms with van der Waals surface area (Å²) in [7, 11) is 3.48. The van der Waals surface area contributed by atoms with E-state index in [0.29, 0.717) is 18.9 Å². The minimum atomic E-state index is -0.808. The van der Waals surface area contributed by atoms with E-state index in [-0.39, 0.29) is 17.9 Å². The van der Waals surface area contributed by atoms with Crippen LogP contribution in [0.4, 0.5) is 0 Å². The Balaban J connectivity index is 1.99. The molecule has 1 aromatic carbocycles. The van der Waals surface area contributed by atoms with Gasteiger partial charge in [0.1, 0.15) is 12.0 Å². The quantitative estimate of drug-likeness (QED) is 0.537. The molecule has 0 bridgehead atoms. The van der Waals surface area contributed by atoms with Crippen LogP contribution in [0.2, 0.25) is 0 Å². The minimum absolute atomic E-state index is 0.0107. The van der Waals surface area contributed by atoms with Crippen molar-refractivity contribution < 1.29 is 14.6 Å². The molecule has 1 aromatic rings. The fourth-order valence-electron chi connectivity index (χ4n) is 4.59. The van der Waals surface area contributed by atoms with Crippen LogP contribution in [0.1, 0.15) is 64.0 Å². The third-order valence-electron chi connectivity index (χ3n) is 6.76. The number of hydrogen-bond donors (Lipinski definition) is 3. The first-order chi connectivity index (χ1) is 15.3. The molecule has 1 heterocycles. The molecule has 0 spiro atoms. The lowest BCUT2D eigenvalue weighted by Gasteiger charge is -2.34. The molecule has 32 heavy (non-hydrogen) atoms. The van der Waals surface area contributed by atoms with E-state index in [1.807, 2.05) is 17.9 Å². The van der Waals surface area contributed by atoms with Crippen molar-refractivity contribution in [3.05, 3.63) is 52.7 Å². The Kier molecular flexibility index (Phi) is 8.15. The van der Waals surface area contributed by atoms with Gasteiger partial charge in [-0.2, -0.15) is 0 Å². The van der Waals surface area contributed by atoms with Gasteiger partial charge in [0.25, 0.3) is 0 Å². The van der Waals surface area contributed by atoms with E-state index in [0.717, 1.165) is 29.9 Å². The van der Waals surface area contributed by atoms with Gasteiger partial charge in [0.15, 0.2) is 0 Å². The van der Waals surface area contributed by atoms with Crippen LogP contribution in [-0.2, 0) is 11.3 Å². The van der Waals surface area contributed by atoms with E-state index >= 15 is 0 Å². The number of likely N-dealkylation sites (N-methyl/N-ethyl adjacent to an activating group) is 1. The lowest BCUT2D eigenvalue weighted by atomic mass is 9.91. The Labute approximate surface area is 192 Å². The topological polar surface area (TPSA) is 73.8 Å². The number of aliphatic hydroxyl groups excluding tert-OH is 1. The summed E-state index contributed by atoms with van der Waals surface area (Å²) in [5.41, 5.74) is 4.55. The lowest BCUT2D eigenvalue weighted by molar-refractivity contribution is -0.133. The molecule has 3 N–H and O–H groups in total. The van der Waals surface area contributed by atoms with Crippen molar-refractivity contribution in [2.24, 2.45) is 5.92 Å². The first-order valence-electron chi connectivity index (χ1n) is 11.8. The van der Waals surface area contributed by atoms with Crippen LogP contribution in [0.15, 0.2) is 41.6 Å². The average molecular weight is 442 g/mol. The zero-order chi connectivity index (χ0) is 23.4. The van der Waals surface area contributed by atoms with Gasteiger partial charge in [0, 0.05) is 23.2 Å². The molecule has 0 saturated carbocycles. The first-order valence-corrected chi connectivity index (χ1v) is 11.8. The number of rotatable bonds is 8. The SMILES string of the molecule is CN[C@@H](C)C(O)N[C@H]1CCC2=C(C(C)CC=C2)N(Cc2cc(C(C)C)ccc2OC)C1=O. The fraction of sp³-hybridized carbons (Fsp3) is 0.577. The van der Waals surface area contributed by atoms with Gasteiger partial charge in [-0.25, -0.2) is 0 Å². The maximum Gasteiger partial charge on any atom is 0.244 e. The van der Waals surface area contributed by atoms with Gasteiger partial charge < -0.3 is 20.1 Å². The number of amides is 1. The number of aliphatic hydroxyl groups is 1. The molecule has 2 unspecified atom stereocenters. The third-order valence-corrected chi connectivity index (χ3v) is 6.76. The van der Waals surface area contributed by atoms with Crippen LogP contribution in [0.25, 0.3) is 0 Å². The molecule has 3 rings (SSSR count). The molecule has 176 valence electrons. The van der Waals surface area contributed by atoms with Gasteiger partial charge >= 0.3 is 0 Å². The predicted octanol–water partition coefficient (Wildman–Crippen LogP) is 3.68. The van der Waals surface area contributed by atoms with Gasteiger partial charge in [-0.15, -0.1) is 0 Å². The Hall–Kier alpha value is -2.15. The molecule has 2 aliphatic rings.